The molecular weight excluding hydrogens is 487 g/mol. The monoisotopic (exact) mass is 518 g/mol. The largest absolute Gasteiger partial charge is 0.487 e. The van der Waals surface area contributed by atoms with Crippen LogP contribution < -0.4 is 20.1 Å². The Morgan fingerprint density at radius 1 is 1.16 bits per heavy atom. The predicted octanol–water partition coefficient (Wildman–Crippen LogP) is 4.93. The van der Waals surface area contributed by atoms with Crippen molar-refractivity contribution in [3.05, 3.63) is 76.7 Å². The summed E-state index contributed by atoms with van der Waals surface area (Å²) >= 11 is 0. The van der Waals surface area contributed by atoms with Crippen LogP contribution >= 0.6 is 0 Å². The number of ether oxygens (including phenoxy) is 2. The number of nitrogens with zero attached hydrogens (tertiary/aromatic N) is 2. The Hall–Kier alpha value is -3.98. The van der Waals surface area contributed by atoms with Gasteiger partial charge in [-0.3, -0.25) is 9.59 Å². The molecule has 8 nitrogen and oxygen atoms in total. The first kappa shape index (κ1) is 25.7. The molecule has 1 aromatic heterocycles. The van der Waals surface area contributed by atoms with Crippen molar-refractivity contribution in [1.29, 1.82) is 0 Å². The first-order valence-electron chi connectivity index (χ1n) is 12.6. The molecule has 0 spiro atoms. The fourth-order valence-corrected chi connectivity index (χ4v) is 4.31. The highest BCUT2D eigenvalue weighted by atomic mass is 19.1. The number of benzene rings is 2. The number of hydrogen-bond acceptors (Lipinski definition) is 6. The highest BCUT2D eigenvalue weighted by Gasteiger charge is 2.34. The lowest BCUT2D eigenvalue weighted by Gasteiger charge is -2.16. The van der Waals surface area contributed by atoms with E-state index in [1.165, 1.54) is 35.9 Å². The minimum atomic E-state index is -0.690. The predicted molar refractivity (Wildman–Crippen MR) is 141 cm³/mol. The lowest BCUT2D eigenvalue weighted by molar-refractivity contribution is 0.0822. The molecule has 0 saturated heterocycles. The number of aromatic nitrogens is 1. The molecule has 2 aromatic carbocycles. The molecule has 2 heterocycles. The van der Waals surface area contributed by atoms with Crippen LogP contribution in [0.3, 0.4) is 0 Å². The summed E-state index contributed by atoms with van der Waals surface area (Å²) in [7, 11) is 3.12. The third-order valence-electron chi connectivity index (χ3n) is 6.46. The highest BCUT2D eigenvalue weighted by molar-refractivity contribution is 6.04. The van der Waals surface area contributed by atoms with Crippen LogP contribution in [0.2, 0.25) is 0 Å². The van der Waals surface area contributed by atoms with Crippen LogP contribution in [0.4, 0.5) is 10.2 Å². The van der Waals surface area contributed by atoms with Crippen molar-refractivity contribution in [1.82, 2.24) is 15.2 Å². The summed E-state index contributed by atoms with van der Waals surface area (Å²) in [5, 5.41) is 6.26. The van der Waals surface area contributed by atoms with Gasteiger partial charge in [-0.15, -0.1) is 0 Å². The second-order valence-corrected chi connectivity index (χ2v) is 10.6. The van der Waals surface area contributed by atoms with E-state index < -0.39 is 17.3 Å². The Balaban J connectivity index is 1.37. The van der Waals surface area contributed by atoms with Gasteiger partial charge in [-0.25, -0.2) is 9.37 Å². The number of carbonyl (C=O) groups excluding carboxylic acids is 2. The summed E-state index contributed by atoms with van der Waals surface area (Å²) in [6.07, 6.45) is 4.72. The van der Waals surface area contributed by atoms with E-state index in [9.17, 15) is 14.0 Å². The maximum atomic E-state index is 14.7. The first-order valence-corrected chi connectivity index (χ1v) is 12.6. The number of carbonyl (C=O) groups is 2. The van der Waals surface area contributed by atoms with Crippen LogP contribution in [-0.4, -0.2) is 47.4 Å². The molecule has 2 aliphatic rings. The maximum Gasteiger partial charge on any atom is 0.257 e. The Morgan fingerprint density at radius 2 is 1.95 bits per heavy atom. The molecule has 0 radical (unpaired) electrons. The van der Waals surface area contributed by atoms with Gasteiger partial charge >= 0.3 is 0 Å². The lowest BCUT2D eigenvalue weighted by atomic mass is 9.99. The molecule has 0 unspecified atom stereocenters. The molecule has 0 atom stereocenters. The maximum absolute atomic E-state index is 14.7. The highest BCUT2D eigenvalue weighted by Crippen LogP contribution is 2.43. The van der Waals surface area contributed by atoms with Gasteiger partial charge < -0.3 is 25.0 Å². The van der Waals surface area contributed by atoms with Crippen LogP contribution in [-0.2, 0) is 13.0 Å². The van der Waals surface area contributed by atoms with Crippen molar-refractivity contribution in [2.75, 3.05) is 19.4 Å². The van der Waals surface area contributed by atoms with Crippen LogP contribution in [0.15, 0.2) is 48.7 Å². The Bertz CT molecular complexity index is 1380. The molecule has 2 amide bonds. The van der Waals surface area contributed by atoms with Crippen LogP contribution in [0.25, 0.3) is 0 Å². The molecule has 1 saturated carbocycles. The minimum Gasteiger partial charge on any atom is -0.487 e. The number of nitrogens with one attached hydrogen (secondary N) is 2. The fraction of sp³-hybridized carbons (Fsp3) is 0.345. The number of fused-ring (bicyclic) bond motifs is 1. The first-order chi connectivity index (χ1) is 18.1. The molecule has 198 valence electrons. The van der Waals surface area contributed by atoms with Gasteiger partial charge in [0.2, 0.25) is 0 Å². The average molecular weight is 519 g/mol. The van der Waals surface area contributed by atoms with Crippen molar-refractivity contribution >= 4 is 17.6 Å². The second-order valence-electron chi connectivity index (χ2n) is 10.6. The van der Waals surface area contributed by atoms with E-state index in [4.69, 9.17) is 9.47 Å². The van der Waals surface area contributed by atoms with Crippen LogP contribution in [0.1, 0.15) is 58.5 Å². The zero-order chi connectivity index (χ0) is 27.0. The number of pyridine rings is 1. The smallest absolute Gasteiger partial charge is 0.257 e. The van der Waals surface area contributed by atoms with Gasteiger partial charge in [0.15, 0.2) is 0 Å². The SMILES string of the molecule is CN(C)C(=O)c1ccc(Oc2cc(C(=O)Nc3ccc(CNC4CC4)cn3)cc3c2CC(C)(C)O3)cc1F. The molecule has 1 aliphatic carbocycles. The van der Waals surface area contributed by atoms with E-state index >= 15 is 0 Å². The van der Waals surface area contributed by atoms with Crippen molar-refractivity contribution in [3.63, 3.8) is 0 Å². The van der Waals surface area contributed by atoms with E-state index in [1.807, 2.05) is 19.9 Å². The quantitative estimate of drug-likeness (QED) is 0.439. The summed E-state index contributed by atoms with van der Waals surface area (Å²) in [6, 6.07) is 11.7. The number of rotatable bonds is 8. The molecule has 2 N–H and O–H groups in total. The molecule has 3 aromatic rings. The topological polar surface area (TPSA) is 92.8 Å². The van der Waals surface area contributed by atoms with Gasteiger partial charge in [-0.05, 0) is 62.6 Å². The van der Waals surface area contributed by atoms with Crippen LogP contribution in [0.5, 0.6) is 17.2 Å². The summed E-state index contributed by atoms with van der Waals surface area (Å²) in [6.45, 7) is 4.64. The minimum absolute atomic E-state index is 0.0491. The van der Waals surface area contributed by atoms with E-state index in [0.717, 1.165) is 17.7 Å². The molecule has 38 heavy (non-hydrogen) atoms. The van der Waals surface area contributed by atoms with Crippen molar-refractivity contribution in [2.45, 2.75) is 51.3 Å². The molecule has 1 fully saturated rings. The van der Waals surface area contributed by atoms with Gasteiger partial charge in [0, 0.05) is 56.5 Å². The van der Waals surface area contributed by atoms with E-state index in [1.54, 1.807) is 38.5 Å². The van der Waals surface area contributed by atoms with E-state index in [2.05, 4.69) is 15.6 Å². The number of anilines is 1. The van der Waals surface area contributed by atoms with Crippen molar-refractivity contribution < 1.29 is 23.5 Å². The fourth-order valence-electron chi connectivity index (χ4n) is 4.31. The molecule has 5 rings (SSSR count). The Kier molecular flexibility index (Phi) is 6.79. The second kappa shape index (κ2) is 10.1. The van der Waals surface area contributed by atoms with Crippen molar-refractivity contribution in [3.8, 4) is 17.2 Å². The van der Waals surface area contributed by atoms with Gasteiger partial charge in [-0.2, -0.15) is 0 Å². The van der Waals surface area contributed by atoms with E-state index in [-0.39, 0.29) is 17.2 Å². The molecule has 0 bridgehead atoms. The third-order valence-corrected chi connectivity index (χ3v) is 6.46. The Morgan fingerprint density at radius 3 is 2.61 bits per heavy atom. The molecule has 9 heteroatoms. The van der Waals surface area contributed by atoms with E-state index in [0.29, 0.717) is 35.3 Å². The summed E-state index contributed by atoms with van der Waals surface area (Å²) < 4.78 is 26.8. The van der Waals surface area contributed by atoms with Crippen molar-refractivity contribution in [2.24, 2.45) is 0 Å². The number of amides is 2. The summed E-state index contributed by atoms with van der Waals surface area (Å²) in [5.41, 5.74) is 1.61. The summed E-state index contributed by atoms with van der Waals surface area (Å²) in [5.74, 6) is 0.0536. The average Bonchev–Trinajstić information content (AvgIpc) is 3.63. The van der Waals surface area contributed by atoms with Crippen LogP contribution in [0, 0.1) is 5.82 Å². The zero-order valence-corrected chi connectivity index (χ0v) is 21.9. The van der Waals surface area contributed by atoms with Gasteiger partial charge in [0.05, 0.1) is 5.56 Å². The Labute approximate surface area is 221 Å². The summed E-state index contributed by atoms with van der Waals surface area (Å²) in [4.78, 5) is 31.0. The van der Waals surface area contributed by atoms with Gasteiger partial charge in [0.25, 0.3) is 11.8 Å². The zero-order valence-electron chi connectivity index (χ0n) is 21.9. The number of halogens is 1. The number of hydrogen-bond donors (Lipinski definition) is 2. The third kappa shape index (κ3) is 5.78. The standard InChI is InChI=1S/C29H31FN4O4/c1-29(2)14-22-24(37-20-8-9-21(23(30)13-20)28(36)34(3)4)11-18(12-25(22)38-29)27(35)33-26-10-5-17(16-32-26)15-31-19-6-7-19/h5,8-13,16,19,31H,6-7,14-15H2,1-4H3,(H,32,33,35). The molecular formula is C29H31FN4O4. The lowest BCUT2D eigenvalue weighted by Crippen LogP contribution is -2.24. The normalized spacial score (nSPS) is 15.4. The van der Waals surface area contributed by atoms with Gasteiger partial charge in [0.1, 0.15) is 34.5 Å². The van der Waals surface area contributed by atoms with Gasteiger partial charge in [-0.1, -0.05) is 6.07 Å². The molecule has 1 aliphatic heterocycles.